The maximum absolute atomic E-state index is 13.3. The molecule has 1 aliphatic heterocycles. The predicted molar refractivity (Wildman–Crippen MR) is 120 cm³/mol. The molecule has 1 aliphatic rings. The number of benzene rings is 1. The third-order valence-electron chi connectivity index (χ3n) is 5.72. The van der Waals surface area contributed by atoms with E-state index in [1.165, 1.54) is 23.5 Å². The van der Waals surface area contributed by atoms with Crippen LogP contribution in [0.4, 0.5) is 15.9 Å². The number of anilines is 2. The van der Waals surface area contributed by atoms with Crippen molar-refractivity contribution < 1.29 is 9.18 Å². The smallest absolute Gasteiger partial charge is 0.264 e. The van der Waals surface area contributed by atoms with Gasteiger partial charge in [0.05, 0.1) is 10.3 Å². The summed E-state index contributed by atoms with van der Waals surface area (Å²) in [6, 6.07) is 6.52. The summed E-state index contributed by atoms with van der Waals surface area (Å²) in [5.41, 5.74) is 1.95. The van der Waals surface area contributed by atoms with E-state index in [0.29, 0.717) is 13.1 Å². The number of rotatable bonds is 5. The maximum atomic E-state index is 13.3. The Bertz CT molecular complexity index is 1040. The van der Waals surface area contributed by atoms with Crippen LogP contribution >= 0.6 is 11.3 Å². The number of carbonyl (C=O) groups excluding carboxylic acids is 1. The molecule has 0 aliphatic carbocycles. The highest BCUT2D eigenvalue weighted by molar-refractivity contribution is 7.20. The average Bonchev–Trinajstić information content (AvgIpc) is 3.12. The van der Waals surface area contributed by atoms with Gasteiger partial charge in [0.25, 0.3) is 5.91 Å². The predicted octanol–water partition coefficient (Wildman–Crippen LogP) is 3.95. The van der Waals surface area contributed by atoms with Crippen molar-refractivity contribution >= 4 is 39.0 Å². The topological polar surface area (TPSA) is 52.6 Å². The van der Waals surface area contributed by atoms with Gasteiger partial charge in [-0.1, -0.05) is 0 Å². The summed E-state index contributed by atoms with van der Waals surface area (Å²) in [7, 11) is 0. The molecule has 8 heteroatoms. The van der Waals surface area contributed by atoms with Gasteiger partial charge in [-0.25, -0.2) is 14.4 Å². The minimum Gasteiger partial charge on any atom is -0.368 e. The van der Waals surface area contributed by atoms with Crippen molar-refractivity contribution in [2.24, 2.45) is 0 Å². The fourth-order valence-corrected chi connectivity index (χ4v) is 5.09. The molecule has 0 spiro atoms. The number of amides is 1. The summed E-state index contributed by atoms with van der Waals surface area (Å²) in [6.45, 7) is 10.6. The van der Waals surface area contributed by atoms with Gasteiger partial charge in [-0.15, -0.1) is 11.3 Å². The van der Waals surface area contributed by atoms with Crippen LogP contribution in [0.1, 0.15) is 29.1 Å². The van der Waals surface area contributed by atoms with Crippen LogP contribution in [-0.2, 0) is 0 Å². The molecule has 1 aromatic carbocycles. The molecule has 0 N–H and O–H groups in total. The first-order valence-electron chi connectivity index (χ1n) is 10.3. The normalized spacial score (nSPS) is 14.4. The molecule has 0 atom stereocenters. The average molecular weight is 428 g/mol. The van der Waals surface area contributed by atoms with Gasteiger partial charge in [0.1, 0.15) is 22.8 Å². The highest BCUT2D eigenvalue weighted by Gasteiger charge is 2.27. The lowest BCUT2D eigenvalue weighted by Gasteiger charge is -2.36. The Balaban J connectivity index is 1.55. The zero-order valence-corrected chi connectivity index (χ0v) is 18.4. The zero-order chi connectivity index (χ0) is 21.3. The van der Waals surface area contributed by atoms with E-state index in [0.717, 1.165) is 58.3 Å². The molecule has 3 heterocycles. The number of aryl methyl sites for hydroxylation is 1. The van der Waals surface area contributed by atoms with E-state index in [-0.39, 0.29) is 11.7 Å². The fourth-order valence-electron chi connectivity index (χ4n) is 3.98. The van der Waals surface area contributed by atoms with Crippen molar-refractivity contribution in [3.05, 3.63) is 46.9 Å². The Kier molecular flexibility index (Phi) is 5.85. The molecule has 1 amide bonds. The van der Waals surface area contributed by atoms with Gasteiger partial charge in [0, 0.05) is 45.0 Å². The number of fused-ring (bicyclic) bond motifs is 1. The highest BCUT2D eigenvalue weighted by atomic mass is 32.1. The Morgan fingerprint density at radius 3 is 2.40 bits per heavy atom. The summed E-state index contributed by atoms with van der Waals surface area (Å²) in [6.07, 6.45) is 1.58. The molecule has 158 valence electrons. The third kappa shape index (κ3) is 3.71. The quantitative estimate of drug-likeness (QED) is 0.617. The molecule has 6 nitrogen and oxygen atoms in total. The summed E-state index contributed by atoms with van der Waals surface area (Å²) < 4.78 is 13.2. The highest BCUT2D eigenvalue weighted by Crippen LogP contribution is 2.35. The van der Waals surface area contributed by atoms with Crippen LogP contribution in [0.25, 0.3) is 10.2 Å². The second kappa shape index (κ2) is 8.55. The number of hydrogen-bond acceptors (Lipinski definition) is 6. The lowest BCUT2D eigenvalue weighted by molar-refractivity contribution is 0.0751. The Labute approximate surface area is 179 Å². The van der Waals surface area contributed by atoms with E-state index in [4.69, 9.17) is 0 Å². The standard InChI is InChI=1S/C22H26FN5OS/c1-4-26(5-2)20-18-15(3)19(30-21(18)25-14-24-20)22(29)28-12-10-27(11-13-28)17-8-6-16(23)7-9-17/h6-9,14H,4-5,10-13H2,1-3H3. The summed E-state index contributed by atoms with van der Waals surface area (Å²) in [5, 5.41) is 0.986. The largest absolute Gasteiger partial charge is 0.368 e. The van der Waals surface area contributed by atoms with Crippen molar-refractivity contribution in [2.75, 3.05) is 49.1 Å². The summed E-state index contributed by atoms with van der Waals surface area (Å²) in [5.74, 6) is 0.721. The number of nitrogens with zero attached hydrogens (tertiary/aromatic N) is 5. The van der Waals surface area contributed by atoms with Gasteiger partial charge in [-0.05, 0) is 50.6 Å². The van der Waals surface area contributed by atoms with E-state index < -0.39 is 0 Å². The lowest BCUT2D eigenvalue weighted by atomic mass is 10.1. The SMILES string of the molecule is CCN(CC)c1ncnc2sc(C(=O)N3CCN(c4ccc(F)cc4)CC3)c(C)c12. The molecule has 0 bridgehead atoms. The van der Waals surface area contributed by atoms with E-state index in [1.807, 2.05) is 11.8 Å². The first kappa shape index (κ1) is 20.5. The lowest BCUT2D eigenvalue weighted by Crippen LogP contribution is -2.48. The number of hydrogen-bond donors (Lipinski definition) is 0. The first-order valence-corrected chi connectivity index (χ1v) is 11.1. The minimum atomic E-state index is -0.236. The molecule has 3 aromatic rings. The zero-order valence-electron chi connectivity index (χ0n) is 17.6. The monoisotopic (exact) mass is 427 g/mol. The molecular weight excluding hydrogens is 401 g/mol. The molecule has 1 saturated heterocycles. The van der Waals surface area contributed by atoms with Crippen molar-refractivity contribution in [1.29, 1.82) is 0 Å². The number of carbonyl (C=O) groups is 1. The second-order valence-electron chi connectivity index (χ2n) is 7.36. The summed E-state index contributed by atoms with van der Waals surface area (Å²) in [4.78, 5) is 30.1. The van der Waals surface area contributed by atoms with Crippen LogP contribution in [0.15, 0.2) is 30.6 Å². The molecular formula is C22H26FN5OS. The number of aromatic nitrogens is 2. The molecule has 4 rings (SSSR count). The Morgan fingerprint density at radius 1 is 1.10 bits per heavy atom. The molecule has 1 fully saturated rings. The first-order chi connectivity index (χ1) is 14.5. The minimum absolute atomic E-state index is 0.0553. The fraction of sp³-hybridized carbons (Fsp3) is 0.409. The van der Waals surface area contributed by atoms with Gasteiger partial charge in [0.2, 0.25) is 0 Å². The molecule has 0 saturated carbocycles. The van der Waals surface area contributed by atoms with Gasteiger partial charge < -0.3 is 14.7 Å². The van der Waals surface area contributed by atoms with E-state index >= 15 is 0 Å². The van der Waals surface area contributed by atoms with E-state index in [9.17, 15) is 9.18 Å². The molecule has 0 radical (unpaired) electrons. The number of halogens is 1. The number of piperazine rings is 1. The van der Waals surface area contributed by atoms with E-state index in [1.54, 1.807) is 18.5 Å². The van der Waals surface area contributed by atoms with Crippen molar-refractivity contribution in [3.8, 4) is 0 Å². The third-order valence-corrected chi connectivity index (χ3v) is 6.91. The van der Waals surface area contributed by atoms with Crippen LogP contribution in [0.2, 0.25) is 0 Å². The molecule has 30 heavy (non-hydrogen) atoms. The van der Waals surface area contributed by atoms with E-state index in [2.05, 4.69) is 33.6 Å². The molecule has 2 aromatic heterocycles. The maximum Gasteiger partial charge on any atom is 0.264 e. The Morgan fingerprint density at radius 2 is 1.77 bits per heavy atom. The van der Waals surface area contributed by atoms with Crippen molar-refractivity contribution in [1.82, 2.24) is 14.9 Å². The molecule has 0 unspecified atom stereocenters. The van der Waals surface area contributed by atoms with Crippen LogP contribution in [0, 0.1) is 12.7 Å². The van der Waals surface area contributed by atoms with Gasteiger partial charge in [0.15, 0.2) is 0 Å². The van der Waals surface area contributed by atoms with Gasteiger partial charge in [-0.3, -0.25) is 4.79 Å². The Hall–Kier alpha value is -2.74. The summed E-state index contributed by atoms with van der Waals surface area (Å²) >= 11 is 1.45. The van der Waals surface area contributed by atoms with Crippen LogP contribution in [0.5, 0.6) is 0 Å². The van der Waals surface area contributed by atoms with Crippen molar-refractivity contribution in [3.63, 3.8) is 0 Å². The van der Waals surface area contributed by atoms with Crippen molar-refractivity contribution in [2.45, 2.75) is 20.8 Å². The van der Waals surface area contributed by atoms with Crippen LogP contribution < -0.4 is 9.80 Å². The van der Waals surface area contributed by atoms with Crippen LogP contribution in [0.3, 0.4) is 0 Å². The van der Waals surface area contributed by atoms with Gasteiger partial charge >= 0.3 is 0 Å². The number of thiophene rings is 1. The van der Waals surface area contributed by atoms with Gasteiger partial charge in [-0.2, -0.15) is 0 Å². The van der Waals surface area contributed by atoms with Crippen LogP contribution in [-0.4, -0.2) is 60.0 Å². The second-order valence-corrected chi connectivity index (χ2v) is 8.36.